The Morgan fingerprint density at radius 2 is 2.13 bits per heavy atom. The second-order valence-electron chi connectivity index (χ2n) is 7.79. The lowest BCUT2D eigenvalue weighted by Gasteiger charge is -2.15. The summed E-state index contributed by atoms with van der Waals surface area (Å²) in [5.41, 5.74) is 3.21. The van der Waals surface area contributed by atoms with Gasteiger partial charge in [0.2, 0.25) is 5.91 Å². The summed E-state index contributed by atoms with van der Waals surface area (Å²) in [5, 5.41) is 12.0. The van der Waals surface area contributed by atoms with Crippen LogP contribution in [0.15, 0.2) is 48.7 Å². The number of thiophene rings is 1. The number of para-hydroxylation sites is 1. The van der Waals surface area contributed by atoms with Gasteiger partial charge in [0.15, 0.2) is 0 Å². The van der Waals surface area contributed by atoms with Gasteiger partial charge in [-0.25, -0.2) is 0 Å². The van der Waals surface area contributed by atoms with Crippen molar-refractivity contribution < 1.29 is 9.59 Å². The fourth-order valence-electron chi connectivity index (χ4n) is 4.23. The van der Waals surface area contributed by atoms with Crippen molar-refractivity contribution in [2.45, 2.75) is 12.8 Å². The van der Waals surface area contributed by atoms with Gasteiger partial charge in [-0.1, -0.05) is 24.3 Å². The molecule has 0 aliphatic carbocycles. The zero-order chi connectivity index (χ0) is 20.7. The van der Waals surface area contributed by atoms with Crippen molar-refractivity contribution in [1.82, 2.24) is 20.4 Å². The molecular weight excluding hydrogens is 396 g/mol. The van der Waals surface area contributed by atoms with Gasteiger partial charge in [0.1, 0.15) is 0 Å². The molecule has 0 unspecified atom stereocenters. The molecule has 1 saturated heterocycles. The third-order valence-corrected chi connectivity index (χ3v) is 6.94. The zero-order valence-corrected chi connectivity index (χ0v) is 17.5. The lowest BCUT2D eigenvalue weighted by molar-refractivity contribution is -0.121. The Morgan fingerprint density at radius 3 is 3.00 bits per heavy atom. The van der Waals surface area contributed by atoms with Crippen molar-refractivity contribution in [3.05, 3.63) is 53.5 Å². The van der Waals surface area contributed by atoms with Crippen LogP contribution in [0.4, 0.5) is 0 Å². The van der Waals surface area contributed by atoms with E-state index in [2.05, 4.69) is 39.8 Å². The average Bonchev–Trinajstić information content (AvgIpc) is 3.51. The first kappa shape index (κ1) is 18.8. The van der Waals surface area contributed by atoms with Gasteiger partial charge in [-0.2, -0.15) is 5.10 Å². The molecule has 5 rings (SSSR count). The second kappa shape index (κ2) is 7.57. The monoisotopic (exact) mass is 418 g/mol. The van der Waals surface area contributed by atoms with Crippen molar-refractivity contribution in [3.63, 3.8) is 0 Å². The molecule has 30 heavy (non-hydrogen) atoms. The molecule has 2 aromatic heterocycles. The second-order valence-corrected chi connectivity index (χ2v) is 8.87. The topological polar surface area (TPSA) is 78.1 Å². The lowest BCUT2D eigenvalue weighted by Crippen LogP contribution is -2.29. The molecule has 6 nitrogen and oxygen atoms in total. The maximum Gasteiger partial charge on any atom is 0.263 e. The van der Waals surface area contributed by atoms with Crippen LogP contribution in [-0.4, -0.2) is 47.0 Å². The SMILES string of the molecule is CNC(=O)C[C@H]1CCN(C(=O)c2cc3cc(-c4cccc5cn[nH]c45)ccc3s2)C1. The standard InChI is InChI=1S/C23H22N4O2S/c1-24-21(28)9-14-7-8-27(13-14)23(29)20-11-17-10-15(5-6-19(17)30-20)18-4-2-3-16-12-25-26-22(16)18/h2-6,10-12,14H,7-9,13H2,1H3,(H,24,28)(H,25,26)/t14-/m1/s1. The van der Waals surface area contributed by atoms with E-state index in [1.165, 1.54) is 11.3 Å². The van der Waals surface area contributed by atoms with Gasteiger partial charge in [-0.05, 0) is 41.5 Å². The maximum absolute atomic E-state index is 13.0. The summed E-state index contributed by atoms with van der Waals surface area (Å²) in [5.74, 6) is 0.341. The van der Waals surface area contributed by atoms with Crippen LogP contribution in [0, 0.1) is 5.92 Å². The van der Waals surface area contributed by atoms with Crippen molar-refractivity contribution in [2.24, 2.45) is 5.92 Å². The molecule has 1 atom stereocenters. The summed E-state index contributed by atoms with van der Waals surface area (Å²) in [6.45, 7) is 1.36. The molecule has 7 heteroatoms. The highest BCUT2D eigenvalue weighted by Gasteiger charge is 2.29. The molecule has 0 spiro atoms. The predicted octanol–water partition coefficient (Wildman–Crippen LogP) is 4.04. The number of amides is 2. The fraction of sp³-hybridized carbons (Fsp3) is 0.261. The predicted molar refractivity (Wildman–Crippen MR) is 120 cm³/mol. The summed E-state index contributed by atoms with van der Waals surface area (Å²) >= 11 is 1.53. The normalized spacial score (nSPS) is 16.4. The van der Waals surface area contributed by atoms with E-state index in [1.807, 2.05) is 29.3 Å². The van der Waals surface area contributed by atoms with Crippen molar-refractivity contribution >= 4 is 44.1 Å². The number of carbonyl (C=O) groups excluding carboxylic acids is 2. The Labute approximate surface area is 177 Å². The number of nitrogens with one attached hydrogen (secondary N) is 2. The number of fused-ring (bicyclic) bond motifs is 2. The van der Waals surface area contributed by atoms with Gasteiger partial charge >= 0.3 is 0 Å². The minimum absolute atomic E-state index is 0.0379. The van der Waals surface area contributed by atoms with E-state index in [9.17, 15) is 9.59 Å². The highest BCUT2D eigenvalue weighted by atomic mass is 32.1. The van der Waals surface area contributed by atoms with E-state index >= 15 is 0 Å². The number of carbonyl (C=O) groups is 2. The van der Waals surface area contributed by atoms with Crippen molar-refractivity contribution in [1.29, 1.82) is 0 Å². The number of hydrogen-bond donors (Lipinski definition) is 2. The number of H-pyrrole nitrogens is 1. The molecule has 0 radical (unpaired) electrons. The van der Waals surface area contributed by atoms with E-state index < -0.39 is 0 Å². The van der Waals surface area contributed by atoms with E-state index in [0.29, 0.717) is 19.5 Å². The summed E-state index contributed by atoms with van der Waals surface area (Å²) in [7, 11) is 1.65. The first-order valence-electron chi connectivity index (χ1n) is 10.1. The minimum atomic E-state index is 0.0379. The van der Waals surface area contributed by atoms with Gasteiger partial charge in [-0.3, -0.25) is 14.7 Å². The van der Waals surface area contributed by atoms with Gasteiger partial charge < -0.3 is 10.2 Å². The first-order chi connectivity index (χ1) is 14.6. The summed E-state index contributed by atoms with van der Waals surface area (Å²) in [4.78, 5) is 27.3. The highest BCUT2D eigenvalue weighted by Crippen LogP contribution is 2.34. The van der Waals surface area contributed by atoms with E-state index in [0.717, 1.165) is 43.4 Å². The molecule has 0 bridgehead atoms. The fourth-order valence-corrected chi connectivity index (χ4v) is 5.24. The van der Waals surface area contributed by atoms with Crippen LogP contribution in [0.3, 0.4) is 0 Å². The summed E-state index contributed by atoms with van der Waals surface area (Å²) < 4.78 is 1.10. The summed E-state index contributed by atoms with van der Waals surface area (Å²) in [6, 6.07) is 14.5. The molecule has 152 valence electrons. The number of benzene rings is 2. The smallest absolute Gasteiger partial charge is 0.263 e. The molecule has 0 saturated carbocycles. The Kier molecular flexibility index (Phi) is 4.75. The van der Waals surface area contributed by atoms with Gasteiger partial charge in [0.05, 0.1) is 16.6 Å². The Balaban J connectivity index is 1.40. The Morgan fingerprint density at radius 1 is 1.23 bits per heavy atom. The van der Waals surface area contributed by atoms with Crippen molar-refractivity contribution in [3.8, 4) is 11.1 Å². The number of hydrogen-bond acceptors (Lipinski definition) is 4. The van der Waals surface area contributed by atoms with Crippen LogP contribution in [0.25, 0.3) is 32.1 Å². The lowest BCUT2D eigenvalue weighted by atomic mass is 10.0. The molecule has 2 N–H and O–H groups in total. The van der Waals surface area contributed by atoms with Crippen molar-refractivity contribution in [2.75, 3.05) is 20.1 Å². The largest absolute Gasteiger partial charge is 0.359 e. The highest BCUT2D eigenvalue weighted by molar-refractivity contribution is 7.20. The van der Waals surface area contributed by atoms with Crippen LogP contribution in [0.1, 0.15) is 22.5 Å². The molecule has 2 aromatic carbocycles. The van der Waals surface area contributed by atoms with Crippen LogP contribution in [0.2, 0.25) is 0 Å². The van der Waals surface area contributed by atoms with Gasteiger partial charge in [-0.15, -0.1) is 11.3 Å². The molecule has 1 aliphatic heterocycles. The average molecular weight is 419 g/mol. The molecular formula is C23H22N4O2S. The summed E-state index contributed by atoms with van der Waals surface area (Å²) in [6.07, 6.45) is 3.18. The van der Waals surface area contributed by atoms with E-state index in [1.54, 1.807) is 7.05 Å². The van der Waals surface area contributed by atoms with Crippen LogP contribution >= 0.6 is 11.3 Å². The van der Waals surface area contributed by atoms with Crippen LogP contribution in [-0.2, 0) is 4.79 Å². The molecule has 3 heterocycles. The number of aromatic nitrogens is 2. The first-order valence-corrected chi connectivity index (χ1v) is 10.9. The zero-order valence-electron chi connectivity index (χ0n) is 16.6. The molecule has 2 amide bonds. The Hall–Kier alpha value is -3.19. The number of rotatable bonds is 4. The molecule has 1 aliphatic rings. The quantitative estimate of drug-likeness (QED) is 0.525. The van der Waals surface area contributed by atoms with Gasteiger partial charge in [0, 0.05) is 42.2 Å². The maximum atomic E-state index is 13.0. The molecule has 4 aromatic rings. The van der Waals surface area contributed by atoms with E-state index in [4.69, 9.17) is 0 Å². The van der Waals surface area contributed by atoms with Crippen LogP contribution in [0.5, 0.6) is 0 Å². The third kappa shape index (κ3) is 3.35. The number of likely N-dealkylation sites (tertiary alicyclic amines) is 1. The van der Waals surface area contributed by atoms with Gasteiger partial charge in [0.25, 0.3) is 5.91 Å². The minimum Gasteiger partial charge on any atom is -0.359 e. The number of aromatic amines is 1. The number of nitrogens with zero attached hydrogens (tertiary/aromatic N) is 2. The Bertz CT molecular complexity index is 1260. The van der Waals surface area contributed by atoms with E-state index in [-0.39, 0.29) is 17.7 Å². The third-order valence-electron chi connectivity index (χ3n) is 5.84. The molecule has 1 fully saturated rings. The van der Waals surface area contributed by atoms with Crippen LogP contribution < -0.4 is 5.32 Å².